The molecule has 0 bridgehead atoms. The van der Waals surface area contributed by atoms with Crippen LogP contribution in [0.15, 0.2) is 109 Å². The molecule has 2 saturated heterocycles. The van der Waals surface area contributed by atoms with Crippen molar-refractivity contribution >= 4 is 79.5 Å². The molecule has 2 aromatic heterocycles. The van der Waals surface area contributed by atoms with Gasteiger partial charge in [0.1, 0.15) is 17.3 Å². The number of anilines is 4. The van der Waals surface area contributed by atoms with E-state index in [0.29, 0.717) is 39.8 Å². The number of aromatic nitrogens is 2. The van der Waals surface area contributed by atoms with Crippen molar-refractivity contribution in [2.75, 3.05) is 15.1 Å². The van der Waals surface area contributed by atoms with Crippen LogP contribution >= 0.6 is 22.9 Å². The average Bonchev–Trinajstić information content (AvgIpc) is 3.90. The molecule has 12 heteroatoms. The number of amides is 4. The number of aromatic hydroxyl groups is 1. The highest BCUT2D eigenvalue weighted by Gasteiger charge is 2.68. The Morgan fingerprint density at radius 3 is 2.36 bits per heavy atom. The smallest absolute Gasteiger partial charge is 0.242 e. The van der Waals surface area contributed by atoms with Gasteiger partial charge in [0.05, 0.1) is 33.7 Å². The zero-order chi connectivity index (χ0) is 41.1. The lowest BCUT2D eigenvalue weighted by Crippen LogP contribution is -2.49. The van der Waals surface area contributed by atoms with Crippen LogP contribution in [0.25, 0.3) is 20.7 Å². The summed E-state index contributed by atoms with van der Waals surface area (Å²) in [6, 6.07) is 29.9. The topological polar surface area (TPSA) is 125 Å². The van der Waals surface area contributed by atoms with Gasteiger partial charge in [0.2, 0.25) is 23.6 Å². The third-order valence-corrected chi connectivity index (χ3v) is 14.8. The molecule has 2 aliphatic carbocycles. The number of hydrogen-bond acceptors (Lipinski definition) is 8. The Labute approximate surface area is 349 Å². The van der Waals surface area contributed by atoms with Crippen molar-refractivity contribution in [2.45, 2.75) is 39.5 Å². The second kappa shape index (κ2) is 13.5. The number of phenols is 1. The number of nitrogens with zero attached hydrogens (tertiary/aromatic N) is 4. The predicted octanol–water partition coefficient (Wildman–Crippen LogP) is 9.46. The number of fused-ring (bicyclic) bond motifs is 5. The largest absolute Gasteiger partial charge is 0.507 e. The fraction of sp³-hybridized carbons (Fsp3) is 0.255. The summed E-state index contributed by atoms with van der Waals surface area (Å²) < 4.78 is 2.62. The Hall–Kier alpha value is -6.04. The minimum Gasteiger partial charge on any atom is -0.507 e. The highest BCUT2D eigenvalue weighted by Crippen LogP contribution is 2.64. The minimum atomic E-state index is -1.32. The van der Waals surface area contributed by atoms with Gasteiger partial charge in [-0.2, -0.15) is 5.10 Å². The van der Waals surface area contributed by atoms with Crippen molar-refractivity contribution in [2.24, 2.45) is 36.1 Å². The van der Waals surface area contributed by atoms with Gasteiger partial charge in [-0.1, -0.05) is 59.6 Å². The third-order valence-electron chi connectivity index (χ3n) is 13.3. The van der Waals surface area contributed by atoms with Gasteiger partial charge in [0, 0.05) is 45.7 Å². The lowest BCUT2D eigenvalue weighted by atomic mass is 9.51. The van der Waals surface area contributed by atoms with Crippen LogP contribution < -0.4 is 15.1 Å². The summed E-state index contributed by atoms with van der Waals surface area (Å²) in [5.74, 6) is -4.49. The zero-order valence-corrected chi connectivity index (χ0v) is 34.3. The van der Waals surface area contributed by atoms with Crippen molar-refractivity contribution in [3.63, 3.8) is 0 Å². The van der Waals surface area contributed by atoms with E-state index in [1.807, 2.05) is 92.7 Å². The van der Waals surface area contributed by atoms with E-state index < -0.39 is 40.9 Å². The fourth-order valence-corrected chi connectivity index (χ4v) is 11.7. The van der Waals surface area contributed by atoms with Crippen molar-refractivity contribution in [1.82, 2.24) is 9.78 Å². The number of rotatable bonds is 6. The maximum Gasteiger partial charge on any atom is 0.242 e. The number of hydrogen-bond donors (Lipinski definition) is 2. The highest BCUT2D eigenvalue weighted by atomic mass is 35.5. The second-order valence-corrected chi connectivity index (χ2v) is 17.9. The summed E-state index contributed by atoms with van der Waals surface area (Å²) in [4.78, 5) is 62.6. The number of phenolic OH excluding ortho intramolecular Hbond substituents is 1. The Morgan fingerprint density at radius 2 is 1.59 bits per heavy atom. The Morgan fingerprint density at radius 1 is 0.847 bits per heavy atom. The van der Waals surface area contributed by atoms with Gasteiger partial charge in [-0.05, 0) is 111 Å². The van der Waals surface area contributed by atoms with Crippen molar-refractivity contribution in [3.05, 3.63) is 130 Å². The van der Waals surface area contributed by atoms with Crippen molar-refractivity contribution in [1.29, 1.82) is 0 Å². The number of carbonyl (C=O) groups is 4. The maximum absolute atomic E-state index is 15.2. The standard InChI is InChI=1S/C47H40ClN5O5S/c1-24-9-8-12-32(41(24)54)40-30-18-19-31-39(45(57)52(43(31)55)29-16-14-28(15-17-29)49-27-10-6-5-7-11-27)34(30)22-35-44(56)53(46(58)47(35,40)3)38-23-36(50-51(38)4)42-25(2)33-21-26(48)13-20-37(33)59-42/h5-18,20-21,23,31,34-35,39-40,49,54H,19,22H2,1-4H3. The van der Waals surface area contributed by atoms with E-state index in [1.165, 1.54) is 9.80 Å². The molecule has 0 spiro atoms. The predicted molar refractivity (Wildman–Crippen MR) is 230 cm³/mol. The van der Waals surface area contributed by atoms with Gasteiger partial charge in [-0.15, -0.1) is 11.3 Å². The van der Waals surface area contributed by atoms with Crippen LogP contribution in [0.3, 0.4) is 0 Å². The zero-order valence-electron chi connectivity index (χ0n) is 32.8. The van der Waals surface area contributed by atoms with Gasteiger partial charge in [-0.3, -0.25) is 28.8 Å². The van der Waals surface area contributed by atoms with Gasteiger partial charge < -0.3 is 10.4 Å². The number of halogens is 1. The molecule has 4 amide bonds. The van der Waals surface area contributed by atoms with Gasteiger partial charge in [-0.25, -0.2) is 4.90 Å². The number of benzene rings is 4. The molecular formula is C47H40ClN5O5S. The van der Waals surface area contributed by atoms with Crippen LogP contribution in [0.2, 0.25) is 5.02 Å². The SMILES string of the molecule is Cc1cccc(C2C3=CCC4C(=O)N(c5ccc(Nc6ccccc6)cc5)C(=O)C4C3CC3C(=O)N(c4cc(-c5sc6ccc(Cl)cc6c5C)nn4C)C(=O)C32C)c1O. The number of carbonyl (C=O) groups excluding carboxylic acids is 4. The molecule has 6 aromatic rings. The van der Waals surface area contributed by atoms with Crippen molar-refractivity contribution < 1.29 is 24.3 Å². The molecule has 2 N–H and O–H groups in total. The number of allylic oxidation sites excluding steroid dienone is 2. The first-order valence-corrected chi connectivity index (χ1v) is 21.0. The number of nitrogens with one attached hydrogen (secondary N) is 1. The minimum absolute atomic E-state index is 0.0441. The van der Waals surface area contributed by atoms with Gasteiger partial charge in [0.15, 0.2) is 0 Å². The molecule has 4 heterocycles. The average molecular weight is 822 g/mol. The van der Waals surface area contributed by atoms with Crippen LogP contribution in [0.4, 0.5) is 22.9 Å². The summed E-state index contributed by atoms with van der Waals surface area (Å²) in [6.45, 7) is 5.64. The van der Waals surface area contributed by atoms with Crippen LogP contribution in [-0.2, 0) is 26.2 Å². The molecule has 3 fully saturated rings. The summed E-state index contributed by atoms with van der Waals surface area (Å²) in [7, 11) is 1.72. The molecule has 59 heavy (non-hydrogen) atoms. The lowest BCUT2D eigenvalue weighted by molar-refractivity contribution is -0.131. The second-order valence-electron chi connectivity index (χ2n) is 16.4. The molecule has 2 aliphatic heterocycles. The van der Waals surface area contributed by atoms with E-state index in [2.05, 4.69) is 5.32 Å². The molecule has 6 atom stereocenters. The number of thiophene rings is 1. The van der Waals surface area contributed by atoms with Crippen LogP contribution in [0.1, 0.15) is 42.4 Å². The molecule has 6 unspecified atom stereocenters. The first-order chi connectivity index (χ1) is 28.4. The first kappa shape index (κ1) is 37.2. The van der Waals surface area contributed by atoms with E-state index in [9.17, 15) is 19.5 Å². The quantitative estimate of drug-likeness (QED) is 0.127. The van der Waals surface area contributed by atoms with E-state index in [0.717, 1.165) is 37.5 Å². The molecule has 4 aliphatic rings. The molecule has 10 rings (SSSR count). The molecular weight excluding hydrogens is 782 g/mol. The van der Waals surface area contributed by atoms with E-state index >= 15 is 4.79 Å². The van der Waals surface area contributed by atoms with E-state index in [1.54, 1.807) is 54.3 Å². The fourth-order valence-electron chi connectivity index (χ4n) is 10.3. The number of imide groups is 2. The first-order valence-electron chi connectivity index (χ1n) is 19.8. The normalized spacial score (nSPS) is 25.0. The Balaban J connectivity index is 1.03. The summed E-state index contributed by atoms with van der Waals surface area (Å²) in [6.07, 6.45) is 2.49. The highest BCUT2D eigenvalue weighted by molar-refractivity contribution is 7.22. The Bertz CT molecular complexity index is 2810. The van der Waals surface area contributed by atoms with Gasteiger partial charge >= 0.3 is 0 Å². The molecule has 10 nitrogen and oxygen atoms in total. The number of aryl methyl sites for hydroxylation is 3. The van der Waals surface area contributed by atoms with Crippen LogP contribution in [0, 0.1) is 42.9 Å². The monoisotopic (exact) mass is 821 g/mol. The summed E-state index contributed by atoms with van der Waals surface area (Å²) in [5, 5.41) is 21.5. The molecule has 296 valence electrons. The molecule has 4 aromatic carbocycles. The van der Waals surface area contributed by atoms with E-state index in [4.69, 9.17) is 16.7 Å². The third kappa shape index (κ3) is 5.47. The summed E-state index contributed by atoms with van der Waals surface area (Å²) >= 11 is 7.91. The molecule has 0 radical (unpaired) electrons. The Kier molecular flexibility index (Phi) is 8.52. The maximum atomic E-state index is 15.2. The summed E-state index contributed by atoms with van der Waals surface area (Å²) in [5.41, 5.74) is 4.48. The van der Waals surface area contributed by atoms with Gasteiger partial charge in [0.25, 0.3) is 0 Å². The van der Waals surface area contributed by atoms with Crippen LogP contribution in [-0.4, -0.2) is 38.5 Å². The number of para-hydroxylation sites is 2. The van der Waals surface area contributed by atoms with E-state index in [-0.39, 0.29) is 29.9 Å². The van der Waals surface area contributed by atoms with Crippen molar-refractivity contribution in [3.8, 4) is 16.3 Å². The molecule has 1 saturated carbocycles. The van der Waals surface area contributed by atoms with Crippen LogP contribution in [0.5, 0.6) is 5.75 Å². The lowest BCUT2D eigenvalue weighted by Gasteiger charge is -2.49.